The lowest BCUT2D eigenvalue weighted by molar-refractivity contribution is -0.111. The van der Waals surface area contributed by atoms with Crippen LogP contribution in [0.3, 0.4) is 0 Å². The second kappa shape index (κ2) is 9.75. The van der Waals surface area contributed by atoms with Crippen LogP contribution in [-0.2, 0) is 4.79 Å². The lowest BCUT2D eigenvalue weighted by atomic mass is 9.96. The Kier molecular flexibility index (Phi) is 6.59. The lowest BCUT2D eigenvalue weighted by Crippen LogP contribution is -2.10. The number of furan rings is 1. The number of anilines is 1. The first-order valence-corrected chi connectivity index (χ1v) is 10.8. The van der Waals surface area contributed by atoms with Gasteiger partial charge in [0.1, 0.15) is 22.8 Å². The molecule has 0 atom stereocenters. The minimum atomic E-state index is -0.292. The number of amides is 1. The van der Waals surface area contributed by atoms with Crippen LogP contribution in [-0.4, -0.2) is 27.2 Å². The minimum absolute atomic E-state index is 0.292. The number of hydrogen-bond donors (Lipinski definition) is 1. The Labute approximate surface area is 198 Å². The van der Waals surface area contributed by atoms with Crippen LogP contribution in [0.5, 0.6) is 17.2 Å². The van der Waals surface area contributed by atoms with Gasteiger partial charge in [0.15, 0.2) is 0 Å². The van der Waals surface area contributed by atoms with Crippen molar-refractivity contribution in [1.29, 1.82) is 0 Å². The largest absolute Gasteiger partial charge is 0.497 e. The zero-order valence-corrected chi connectivity index (χ0v) is 19.9. The van der Waals surface area contributed by atoms with Crippen LogP contribution in [0.15, 0.2) is 71.4 Å². The number of methoxy groups -OCH3 is 3. The van der Waals surface area contributed by atoms with Gasteiger partial charge in [0.25, 0.3) is 0 Å². The molecule has 0 unspecified atom stereocenters. The molecule has 1 heterocycles. The van der Waals surface area contributed by atoms with Crippen LogP contribution < -0.4 is 19.5 Å². The second-order valence-corrected chi connectivity index (χ2v) is 7.86. The molecule has 0 fully saturated rings. The first kappa shape index (κ1) is 23.0. The fourth-order valence-electron chi connectivity index (χ4n) is 4.07. The summed E-state index contributed by atoms with van der Waals surface area (Å²) in [5.41, 5.74) is 5.77. The highest BCUT2D eigenvalue weighted by Gasteiger charge is 2.19. The van der Waals surface area contributed by atoms with E-state index in [9.17, 15) is 4.79 Å². The standard InChI is InChI=1S/C28H27NO5/c1-17(13-26(30)29-24-14-20(31-3)11-12-25(24)32-4)21-15-22-23(19-9-7-6-8-10-19)16-34-28(22)18(2)27(21)33-5/h6-16H,1-5H3,(H,29,30)/b17-13+. The minimum Gasteiger partial charge on any atom is -0.497 e. The third-order valence-corrected chi connectivity index (χ3v) is 5.77. The van der Waals surface area contributed by atoms with E-state index in [1.54, 1.807) is 51.9 Å². The maximum Gasteiger partial charge on any atom is 0.248 e. The second-order valence-electron chi connectivity index (χ2n) is 7.86. The van der Waals surface area contributed by atoms with Crippen molar-refractivity contribution in [2.75, 3.05) is 26.6 Å². The Morgan fingerprint density at radius 1 is 0.971 bits per heavy atom. The van der Waals surface area contributed by atoms with Gasteiger partial charge in [0.2, 0.25) is 5.91 Å². The summed E-state index contributed by atoms with van der Waals surface area (Å²) in [6, 6.07) is 17.3. The van der Waals surface area contributed by atoms with Gasteiger partial charge in [-0.15, -0.1) is 0 Å². The molecule has 34 heavy (non-hydrogen) atoms. The predicted molar refractivity (Wildman–Crippen MR) is 135 cm³/mol. The molecule has 0 bridgehead atoms. The molecule has 6 nitrogen and oxygen atoms in total. The number of carbonyl (C=O) groups is 1. The SMILES string of the molecule is COc1ccc(OC)c(NC(=O)/C=C(\C)c2cc3c(-c4ccccc4)coc3c(C)c2OC)c1. The zero-order chi connectivity index (χ0) is 24.2. The Hall–Kier alpha value is -4.19. The molecule has 0 aliphatic carbocycles. The smallest absolute Gasteiger partial charge is 0.248 e. The van der Waals surface area contributed by atoms with Crippen molar-refractivity contribution < 1.29 is 23.4 Å². The van der Waals surface area contributed by atoms with Crippen molar-refractivity contribution in [1.82, 2.24) is 0 Å². The molecule has 1 amide bonds. The Balaban J connectivity index is 1.74. The topological polar surface area (TPSA) is 69.9 Å². The van der Waals surface area contributed by atoms with Gasteiger partial charge in [0, 0.05) is 34.2 Å². The van der Waals surface area contributed by atoms with Gasteiger partial charge < -0.3 is 23.9 Å². The highest BCUT2D eigenvalue weighted by molar-refractivity contribution is 6.06. The predicted octanol–water partition coefficient (Wildman–Crippen LogP) is 6.48. The Morgan fingerprint density at radius 2 is 1.74 bits per heavy atom. The number of nitrogens with one attached hydrogen (secondary N) is 1. The summed E-state index contributed by atoms with van der Waals surface area (Å²) in [6.45, 7) is 3.84. The summed E-state index contributed by atoms with van der Waals surface area (Å²) in [5.74, 6) is 1.54. The molecule has 6 heteroatoms. The van der Waals surface area contributed by atoms with Gasteiger partial charge in [-0.25, -0.2) is 0 Å². The molecule has 1 N–H and O–H groups in total. The molecular formula is C28H27NO5. The van der Waals surface area contributed by atoms with Gasteiger partial charge >= 0.3 is 0 Å². The maximum absolute atomic E-state index is 12.9. The summed E-state index contributed by atoms with van der Waals surface area (Å²) in [4.78, 5) is 12.9. The number of fused-ring (bicyclic) bond motifs is 1. The fraction of sp³-hybridized carbons (Fsp3) is 0.179. The maximum atomic E-state index is 12.9. The van der Waals surface area contributed by atoms with Gasteiger partial charge in [-0.05, 0) is 43.2 Å². The van der Waals surface area contributed by atoms with E-state index in [0.29, 0.717) is 22.9 Å². The Bertz CT molecular complexity index is 1370. The normalized spacial score (nSPS) is 11.4. The van der Waals surface area contributed by atoms with E-state index in [1.165, 1.54) is 0 Å². The molecule has 1 aromatic heterocycles. The molecule has 0 saturated heterocycles. The first-order chi connectivity index (χ1) is 16.5. The average Bonchev–Trinajstić information content (AvgIpc) is 3.28. The van der Waals surface area contributed by atoms with E-state index in [2.05, 4.69) is 5.32 Å². The van der Waals surface area contributed by atoms with Crippen molar-refractivity contribution >= 4 is 28.1 Å². The van der Waals surface area contributed by atoms with Crippen molar-refractivity contribution in [3.05, 3.63) is 78.1 Å². The van der Waals surface area contributed by atoms with Gasteiger partial charge in [-0.2, -0.15) is 0 Å². The quantitative estimate of drug-likeness (QED) is 0.322. The third kappa shape index (κ3) is 4.35. The van der Waals surface area contributed by atoms with Crippen LogP contribution in [0.4, 0.5) is 5.69 Å². The van der Waals surface area contributed by atoms with Gasteiger partial charge in [-0.3, -0.25) is 4.79 Å². The van der Waals surface area contributed by atoms with Crippen molar-refractivity contribution in [2.45, 2.75) is 13.8 Å². The zero-order valence-electron chi connectivity index (χ0n) is 19.9. The number of allylic oxidation sites excluding steroid dienone is 1. The van der Waals surface area contributed by atoms with Crippen LogP contribution in [0.1, 0.15) is 18.1 Å². The fourth-order valence-corrected chi connectivity index (χ4v) is 4.07. The monoisotopic (exact) mass is 457 g/mol. The number of carbonyl (C=O) groups excluding carboxylic acids is 1. The molecule has 174 valence electrons. The highest BCUT2D eigenvalue weighted by Crippen LogP contribution is 2.40. The number of rotatable bonds is 7. The summed E-state index contributed by atoms with van der Waals surface area (Å²) in [6.07, 6.45) is 3.31. The number of benzene rings is 3. The van der Waals surface area contributed by atoms with Crippen LogP contribution in [0, 0.1) is 6.92 Å². The Morgan fingerprint density at radius 3 is 2.41 bits per heavy atom. The summed E-state index contributed by atoms with van der Waals surface area (Å²) in [5, 5.41) is 3.84. The van der Waals surface area contributed by atoms with E-state index in [1.807, 2.05) is 50.2 Å². The summed E-state index contributed by atoms with van der Waals surface area (Å²) < 4.78 is 22.3. The first-order valence-electron chi connectivity index (χ1n) is 10.8. The van der Waals surface area contributed by atoms with Crippen molar-refractivity contribution in [2.24, 2.45) is 0 Å². The van der Waals surface area contributed by atoms with Crippen LogP contribution in [0.2, 0.25) is 0 Å². The highest BCUT2D eigenvalue weighted by atomic mass is 16.5. The molecular weight excluding hydrogens is 430 g/mol. The van der Waals surface area contributed by atoms with Crippen molar-refractivity contribution in [3.63, 3.8) is 0 Å². The molecule has 4 aromatic rings. The van der Waals surface area contributed by atoms with E-state index in [0.717, 1.165) is 38.8 Å². The van der Waals surface area contributed by atoms with Gasteiger partial charge in [0.05, 0.1) is 33.3 Å². The summed E-state index contributed by atoms with van der Waals surface area (Å²) in [7, 11) is 4.74. The molecule has 0 aliphatic rings. The molecule has 0 spiro atoms. The van der Waals surface area contributed by atoms with E-state index >= 15 is 0 Å². The average molecular weight is 458 g/mol. The van der Waals surface area contributed by atoms with Crippen LogP contribution in [0.25, 0.3) is 27.7 Å². The van der Waals surface area contributed by atoms with Crippen LogP contribution >= 0.6 is 0 Å². The summed E-state index contributed by atoms with van der Waals surface area (Å²) >= 11 is 0. The molecule has 0 radical (unpaired) electrons. The number of ether oxygens (including phenoxy) is 3. The van der Waals surface area contributed by atoms with E-state index in [-0.39, 0.29) is 5.91 Å². The molecule has 4 rings (SSSR count). The third-order valence-electron chi connectivity index (χ3n) is 5.77. The molecule has 3 aromatic carbocycles. The molecule has 0 saturated carbocycles. The molecule has 0 aliphatic heterocycles. The number of hydrogen-bond acceptors (Lipinski definition) is 5. The van der Waals surface area contributed by atoms with Crippen molar-refractivity contribution in [3.8, 4) is 28.4 Å². The van der Waals surface area contributed by atoms with E-state index < -0.39 is 0 Å². The van der Waals surface area contributed by atoms with Gasteiger partial charge in [-0.1, -0.05) is 30.3 Å². The lowest BCUT2D eigenvalue weighted by Gasteiger charge is -2.14. The van der Waals surface area contributed by atoms with E-state index in [4.69, 9.17) is 18.6 Å². The number of aryl methyl sites for hydroxylation is 1.